The first-order valence-electron chi connectivity index (χ1n) is 11.5. The molecular formula is C23H26N8O3. The summed E-state index contributed by atoms with van der Waals surface area (Å²) in [5.41, 5.74) is 1.36. The lowest BCUT2D eigenvalue weighted by atomic mass is 9.93. The van der Waals surface area contributed by atoms with E-state index in [1.165, 1.54) is 0 Å². The molecule has 4 heterocycles. The van der Waals surface area contributed by atoms with Gasteiger partial charge in [-0.05, 0) is 37.2 Å². The molecule has 0 radical (unpaired) electrons. The number of nitrogens with zero attached hydrogens (tertiary/aromatic N) is 5. The van der Waals surface area contributed by atoms with E-state index in [4.69, 9.17) is 5.26 Å². The highest BCUT2D eigenvalue weighted by molar-refractivity contribution is 6.40. The summed E-state index contributed by atoms with van der Waals surface area (Å²) in [5.74, 6) is -0.575. The molecule has 11 heteroatoms. The van der Waals surface area contributed by atoms with Gasteiger partial charge in [-0.1, -0.05) is 6.92 Å². The van der Waals surface area contributed by atoms with E-state index in [0.29, 0.717) is 42.4 Å². The third-order valence-electron chi connectivity index (χ3n) is 6.77. The van der Waals surface area contributed by atoms with Gasteiger partial charge in [0.05, 0.1) is 23.0 Å². The van der Waals surface area contributed by atoms with Crippen LogP contribution in [0.4, 0.5) is 5.82 Å². The summed E-state index contributed by atoms with van der Waals surface area (Å²) < 4.78 is 1.94. The molecule has 0 aromatic carbocycles. The number of amides is 3. The van der Waals surface area contributed by atoms with Crippen molar-refractivity contribution in [1.82, 2.24) is 30.0 Å². The number of rotatable bonds is 5. The first kappa shape index (κ1) is 21.9. The minimum absolute atomic E-state index is 0.131. The Balaban J connectivity index is 1.50. The fraction of sp³-hybridized carbons (Fsp3) is 0.478. The molecule has 1 saturated heterocycles. The van der Waals surface area contributed by atoms with Gasteiger partial charge in [0.25, 0.3) is 0 Å². The lowest BCUT2D eigenvalue weighted by molar-refractivity contribution is -0.136. The predicted molar refractivity (Wildman–Crippen MR) is 123 cm³/mol. The number of carbonyl (C=O) groups is 3. The van der Waals surface area contributed by atoms with E-state index in [0.717, 1.165) is 30.2 Å². The summed E-state index contributed by atoms with van der Waals surface area (Å²) in [6, 6.07) is 3.66. The standard InChI is InChI=1S/C23H26N8O3/c1-13-6-9-30(18(32)4-7-24)12-17(13)31-19-15-5-8-25-20(15)26-11-16(19)21(29-31)28-23(34)22(33)27-10-14-2-3-14/h5,8,11,13-14,17,29H,2-4,6,9-10,12H2,1H3,(H,27,33)(H,28,34)/t13-,17+/m1/s1. The van der Waals surface area contributed by atoms with Crippen molar-refractivity contribution in [3.63, 3.8) is 0 Å². The van der Waals surface area contributed by atoms with Crippen LogP contribution in [0, 0.1) is 23.2 Å². The second kappa shape index (κ2) is 8.78. The van der Waals surface area contributed by atoms with E-state index in [9.17, 15) is 14.4 Å². The van der Waals surface area contributed by atoms with Crippen molar-refractivity contribution in [3.8, 4) is 6.07 Å². The van der Waals surface area contributed by atoms with Gasteiger partial charge in [-0.25, -0.2) is 9.97 Å². The average Bonchev–Trinajstić information content (AvgIpc) is 3.41. The zero-order chi connectivity index (χ0) is 23.8. The Morgan fingerprint density at radius 1 is 1.21 bits per heavy atom. The number of nitriles is 1. The molecule has 2 aliphatic rings. The Labute approximate surface area is 195 Å². The van der Waals surface area contributed by atoms with Crippen molar-refractivity contribution in [1.29, 1.82) is 5.26 Å². The van der Waals surface area contributed by atoms with Crippen molar-refractivity contribution in [2.24, 2.45) is 11.8 Å². The van der Waals surface area contributed by atoms with Gasteiger partial charge in [0.15, 0.2) is 5.65 Å². The Morgan fingerprint density at radius 3 is 2.79 bits per heavy atom. The molecular weight excluding hydrogens is 436 g/mol. The van der Waals surface area contributed by atoms with Crippen LogP contribution in [0.5, 0.6) is 0 Å². The molecule has 3 aromatic heterocycles. The topological polar surface area (TPSA) is 149 Å². The van der Waals surface area contributed by atoms with Gasteiger partial charge < -0.3 is 15.5 Å². The van der Waals surface area contributed by atoms with Gasteiger partial charge in [-0.2, -0.15) is 5.26 Å². The Bertz CT molecular complexity index is 1310. The lowest BCUT2D eigenvalue weighted by Gasteiger charge is -2.37. The van der Waals surface area contributed by atoms with Gasteiger partial charge in [0.2, 0.25) is 5.91 Å². The maximum Gasteiger partial charge on any atom is 0.314 e. The first-order chi connectivity index (χ1) is 16.5. The molecule has 176 valence electrons. The number of piperidine rings is 1. The highest BCUT2D eigenvalue weighted by Crippen LogP contribution is 2.35. The predicted octanol–water partition coefficient (Wildman–Crippen LogP) is 1.70. The molecule has 1 aliphatic heterocycles. The number of aromatic nitrogens is 4. The van der Waals surface area contributed by atoms with Crippen LogP contribution in [0.1, 0.15) is 38.6 Å². The van der Waals surface area contributed by atoms with Crippen molar-refractivity contribution in [3.05, 3.63) is 18.5 Å². The normalized spacial score (nSPS) is 20.3. The number of aromatic amines is 1. The van der Waals surface area contributed by atoms with Crippen LogP contribution in [0.3, 0.4) is 0 Å². The number of hydrogen-bond acceptors (Lipinski definition) is 6. The van der Waals surface area contributed by atoms with Gasteiger partial charge in [-0.3, -0.25) is 24.2 Å². The number of carbonyl (C=O) groups excluding carboxylic acids is 3. The van der Waals surface area contributed by atoms with E-state index in [1.807, 2.05) is 16.8 Å². The van der Waals surface area contributed by atoms with Crippen molar-refractivity contribution < 1.29 is 14.4 Å². The van der Waals surface area contributed by atoms with Crippen molar-refractivity contribution in [2.45, 2.75) is 38.6 Å². The lowest BCUT2D eigenvalue weighted by Crippen LogP contribution is -2.44. The van der Waals surface area contributed by atoms with Crippen LogP contribution in [-0.4, -0.2) is 62.0 Å². The monoisotopic (exact) mass is 462 g/mol. The highest BCUT2D eigenvalue weighted by Gasteiger charge is 2.32. The van der Waals surface area contributed by atoms with Crippen LogP contribution in [-0.2, 0) is 14.4 Å². The van der Waals surface area contributed by atoms with Gasteiger partial charge in [0, 0.05) is 37.4 Å². The summed E-state index contributed by atoms with van der Waals surface area (Å²) in [6.07, 6.45) is 6.06. The molecule has 2 fully saturated rings. The van der Waals surface area contributed by atoms with Gasteiger partial charge in [0.1, 0.15) is 12.2 Å². The van der Waals surface area contributed by atoms with Crippen LogP contribution in [0.25, 0.3) is 21.9 Å². The van der Waals surface area contributed by atoms with Crippen LogP contribution >= 0.6 is 0 Å². The zero-order valence-corrected chi connectivity index (χ0v) is 18.9. The van der Waals surface area contributed by atoms with E-state index in [2.05, 4.69) is 32.6 Å². The second-order valence-electron chi connectivity index (χ2n) is 9.17. The third kappa shape index (κ3) is 4.07. The molecule has 3 N–H and O–H groups in total. The quantitative estimate of drug-likeness (QED) is 0.492. The molecule has 11 nitrogen and oxygen atoms in total. The average molecular weight is 463 g/mol. The largest absolute Gasteiger partial charge is 0.348 e. The fourth-order valence-corrected chi connectivity index (χ4v) is 4.57. The Hall–Kier alpha value is -3.94. The highest BCUT2D eigenvalue weighted by atomic mass is 16.2. The van der Waals surface area contributed by atoms with Crippen molar-refractivity contribution >= 4 is 45.5 Å². The molecule has 34 heavy (non-hydrogen) atoms. The van der Waals surface area contributed by atoms with E-state index in [-0.39, 0.29) is 24.3 Å². The smallest absolute Gasteiger partial charge is 0.314 e. The second-order valence-corrected chi connectivity index (χ2v) is 9.17. The van der Waals surface area contributed by atoms with E-state index < -0.39 is 11.8 Å². The van der Waals surface area contributed by atoms with Gasteiger partial charge >= 0.3 is 11.8 Å². The number of likely N-dealkylation sites (tertiary alicyclic amines) is 1. The van der Waals surface area contributed by atoms with E-state index >= 15 is 0 Å². The minimum atomic E-state index is -0.751. The maximum absolute atomic E-state index is 12.6. The number of anilines is 1. The molecule has 1 saturated carbocycles. The van der Waals surface area contributed by atoms with Crippen molar-refractivity contribution in [2.75, 3.05) is 25.0 Å². The summed E-state index contributed by atoms with van der Waals surface area (Å²) in [5, 5.41) is 19.0. The number of nitrogens with one attached hydrogen (secondary N) is 3. The Morgan fingerprint density at radius 2 is 2.03 bits per heavy atom. The number of H-pyrrole nitrogens is 1. The molecule has 0 spiro atoms. The summed E-state index contributed by atoms with van der Waals surface area (Å²) in [7, 11) is 0. The van der Waals surface area contributed by atoms with Crippen LogP contribution in [0.2, 0.25) is 0 Å². The molecule has 1 aliphatic carbocycles. The summed E-state index contributed by atoms with van der Waals surface area (Å²) >= 11 is 0. The van der Waals surface area contributed by atoms with Gasteiger partial charge in [-0.15, -0.1) is 0 Å². The number of hydrogen-bond donors (Lipinski definition) is 3. The first-order valence-corrected chi connectivity index (χ1v) is 11.5. The fourth-order valence-electron chi connectivity index (χ4n) is 4.57. The number of fused-ring (bicyclic) bond motifs is 3. The van der Waals surface area contributed by atoms with Crippen LogP contribution < -0.4 is 10.6 Å². The van der Waals surface area contributed by atoms with E-state index in [1.54, 1.807) is 17.3 Å². The molecule has 0 bridgehead atoms. The number of pyridine rings is 1. The molecule has 3 aromatic rings. The molecule has 2 atom stereocenters. The van der Waals surface area contributed by atoms with Crippen LogP contribution in [0.15, 0.2) is 18.5 Å². The zero-order valence-electron chi connectivity index (χ0n) is 18.9. The molecule has 0 unspecified atom stereocenters. The Kier molecular flexibility index (Phi) is 5.65. The maximum atomic E-state index is 12.6. The third-order valence-corrected chi connectivity index (χ3v) is 6.77. The summed E-state index contributed by atoms with van der Waals surface area (Å²) in [6.45, 7) is 3.64. The minimum Gasteiger partial charge on any atom is -0.348 e. The molecule has 5 rings (SSSR count). The summed E-state index contributed by atoms with van der Waals surface area (Å²) in [4.78, 5) is 47.7. The molecule has 3 amide bonds. The SMILES string of the molecule is C[C@@H]1CCN(C(=O)CC#N)C[C@@H]1n1[nH]c(NC(=O)C(=O)NCC2CC2)c2cnc3nccc3c21.